The van der Waals surface area contributed by atoms with E-state index in [1.54, 1.807) is 43.7 Å². The van der Waals surface area contributed by atoms with Gasteiger partial charge in [-0.1, -0.05) is 0 Å². The van der Waals surface area contributed by atoms with Crippen LogP contribution in [0.2, 0.25) is 0 Å². The first-order chi connectivity index (χ1) is 16.7. The molecule has 0 saturated heterocycles. The molecule has 0 aliphatic heterocycles. The van der Waals surface area contributed by atoms with Crippen molar-refractivity contribution in [2.24, 2.45) is 7.05 Å². The van der Waals surface area contributed by atoms with Crippen LogP contribution in [0, 0.1) is 12.7 Å². The second-order valence-electron chi connectivity index (χ2n) is 7.91. The number of aromatic nitrogens is 3. The van der Waals surface area contributed by atoms with E-state index < -0.39 is 28.9 Å². The van der Waals surface area contributed by atoms with Crippen LogP contribution < -0.4 is 16.6 Å². The van der Waals surface area contributed by atoms with Crippen LogP contribution in [0.3, 0.4) is 0 Å². The molecule has 1 amide bonds. The molecule has 0 spiro atoms. The number of hydrogen-bond donors (Lipinski definition) is 1. The van der Waals surface area contributed by atoms with Crippen LogP contribution >= 0.6 is 0 Å². The molecule has 2 aromatic carbocycles. The van der Waals surface area contributed by atoms with Crippen LogP contribution in [-0.2, 0) is 23.1 Å². The standard InChI is InChI=1S/C25H23FN4O5/c1-4-35-24(33)16-5-9-18(10-6-16)27-21(31)14-29-20-13-15(2)28(3)22(20)23(32)30(25(29)34)19-11-7-17(26)8-12-19/h5-13H,4,14H2,1-3H3,(H,27,31). The molecule has 2 heterocycles. The molecule has 1 N–H and O–H groups in total. The Balaban J connectivity index is 1.72. The minimum absolute atomic E-state index is 0.186. The van der Waals surface area contributed by atoms with Crippen LogP contribution in [0.4, 0.5) is 10.1 Å². The van der Waals surface area contributed by atoms with Crippen molar-refractivity contribution in [1.82, 2.24) is 13.7 Å². The lowest BCUT2D eigenvalue weighted by Crippen LogP contribution is -2.41. The fourth-order valence-electron chi connectivity index (χ4n) is 3.81. The van der Waals surface area contributed by atoms with Crippen molar-refractivity contribution in [3.05, 3.63) is 92.5 Å². The Morgan fingerprint density at radius 3 is 2.31 bits per heavy atom. The number of fused-ring (bicyclic) bond motifs is 1. The van der Waals surface area contributed by atoms with E-state index >= 15 is 0 Å². The van der Waals surface area contributed by atoms with Crippen molar-refractivity contribution in [3.8, 4) is 5.69 Å². The van der Waals surface area contributed by atoms with Gasteiger partial charge in [0.05, 0.1) is 23.4 Å². The zero-order valence-corrected chi connectivity index (χ0v) is 19.4. The Labute approximate surface area is 199 Å². The zero-order chi connectivity index (χ0) is 25.3. The number of halogens is 1. The molecule has 35 heavy (non-hydrogen) atoms. The molecule has 10 heteroatoms. The molecule has 0 aliphatic carbocycles. The molecular formula is C25H23FN4O5. The summed E-state index contributed by atoms with van der Waals surface area (Å²) in [5.41, 5.74) is 0.912. The Hall–Kier alpha value is -4.47. The number of carbonyl (C=O) groups excluding carboxylic acids is 2. The molecule has 0 aliphatic rings. The van der Waals surface area contributed by atoms with Crippen molar-refractivity contribution < 1.29 is 18.7 Å². The van der Waals surface area contributed by atoms with Gasteiger partial charge in [-0.25, -0.2) is 18.5 Å². The van der Waals surface area contributed by atoms with Crippen LogP contribution in [0.1, 0.15) is 23.0 Å². The Bertz CT molecular complexity index is 1550. The highest BCUT2D eigenvalue weighted by atomic mass is 19.1. The zero-order valence-electron chi connectivity index (χ0n) is 19.4. The molecule has 4 aromatic rings. The third-order valence-electron chi connectivity index (χ3n) is 5.64. The van der Waals surface area contributed by atoms with Crippen molar-refractivity contribution in [3.63, 3.8) is 0 Å². The fourth-order valence-corrected chi connectivity index (χ4v) is 3.81. The molecule has 0 bridgehead atoms. The number of ether oxygens (including phenoxy) is 1. The van der Waals surface area contributed by atoms with Crippen LogP contribution in [0.15, 0.2) is 64.2 Å². The number of amides is 1. The quantitative estimate of drug-likeness (QED) is 0.429. The summed E-state index contributed by atoms with van der Waals surface area (Å²) in [6, 6.07) is 12.8. The van der Waals surface area contributed by atoms with Crippen molar-refractivity contribution in [2.75, 3.05) is 11.9 Å². The highest BCUT2D eigenvalue weighted by molar-refractivity contribution is 5.93. The summed E-state index contributed by atoms with van der Waals surface area (Å²) in [5.74, 6) is -1.49. The Morgan fingerprint density at radius 1 is 1.03 bits per heavy atom. The molecule has 0 atom stereocenters. The summed E-state index contributed by atoms with van der Waals surface area (Å²) >= 11 is 0. The molecule has 0 saturated carbocycles. The number of carbonyl (C=O) groups is 2. The lowest BCUT2D eigenvalue weighted by molar-refractivity contribution is -0.116. The molecule has 0 radical (unpaired) electrons. The van der Waals surface area contributed by atoms with E-state index in [9.17, 15) is 23.6 Å². The summed E-state index contributed by atoms with van der Waals surface area (Å²) in [5, 5.41) is 2.69. The first-order valence-corrected chi connectivity index (χ1v) is 10.9. The van der Waals surface area contributed by atoms with Gasteiger partial charge in [-0.15, -0.1) is 0 Å². The van der Waals surface area contributed by atoms with Gasteiger partial charge in [0, 0.05) is 18.4 Å². The number of aryl methyl sites for hydroxylation is 2. The normalized spacial score (nSPS) is 11.0. The molecule has 4 rings (SSSR count). The van der Waals surface area contributed by atoms with E-state index in [1.165, 1.54) is 28.8 Å². The molecule has 9 nitrogen and oxygen atoms in total. The molecular weight excluding hydrogens is 455 g/mol. The minimum atomic E-state index is -0.729. The fraction of sp³-hybridized carbons (Fsp3) is 0.200. The lowest BCUT2D eigenvalue weighted by Gasteiger charge is -2.13. The summed E-state index contributed by atoms with van der Waals surface area (Å²) in [7, 11) is 1.69. The second-order valence-corrected chi connectivity index (χ2v) is 7.91. The van der Waals surface area contributed by atoms with Crippen LogP contribution in [0.5, 0.6) is 0 Å². The number of nitrogens with one attached hydrogen (secondary N) is 1. The third kappa shape index (κ3) is 4.50. The lowest BCUT2D eigenvalue weighted by atomic mass is 10.2. The predicted molar refractivity (Wildman–Crippen MR) is 128 cm³/mol. The van der Waals surface area contributed by atoms with Gasteiger partial charge in [0.1, 0.15) is 17.9 Å². The van der Waals surface area contributed by atoms with Gasteiger partial charge in [0.15, 0.2) is 0 Å². The monoisotopic (exact) mass is 478 g/mol. The average Bonchev–Trinajstić information content (AvgIpc) is 3.13. The predicted octanol–water partition coefficient (Wildman–Crippen LogP) is 2.75. The van der Waals surface area contributed by atoms with Gasteiger partial charge >= 0.3 is 11.7 Å². The first-order valence-electron chi connectivity index (χ1n) is 10.9. The summed E-state index contributed by atoms with van der Waals surface area (Å²) in [4.78, 5) is 51.3. The van der Waals surface area contributed by atoms with Gasteiger partial charge in [-0.05, 0) is 68.4 Å². The Kier molecular flexibility index (Phi) is 6.37. The number of anilines is 1. The van der Waals surface area contributed by atoms with Crippen LogP contribution in [0.25, 0.3) is 16.7 Å². The van der Waals surface area contributed by atoms with E-state index in [2.05, 4.69) is 5.32 Å². The van der Waals surface area contributed by atoms with Gasteiger partial charge < -0.3 is 14.6 Å². The number of benzene rings is 2. The molecule has 0 unspecified atom stereocenters. The number of rotatable bonds is 6. The maximum Gasteiger partial charge on any atom is 0.338 e. The van der Waals surface area contributed by atoms with Gasteiger partial charge in [0.25, 0.3) is 5.56 Å². The maximum atomic E-state index is 13.4. The number of nitrogens with zero attached hydrogens (tertiary/aromatic N) is 3. The van der Waals surface area contributed by atoms with Gasteiger partial charge in [-0.3, -0.25) is 14.2 Å². The van der Waals surface area contributed by atoms with E-state index in [1.807, 2.05) is 0 Å². The highest BCUT2D eigenvalue weighted by Gasteiger charge is 2.20. The van der Waals surface area contributed by atoms with E-state index in [0.717, 1.165) is 22.4 Å². The van der Waals surface area contributed by atoms with Gasteiger partial charge in [-0.2, -0.15) is 0 Å². The molecule has 0 fully saturated rings. The highest BCUT2D eigenvalue weighted by Crippen LogP contribution is 2.16. The minimum Gasteiger partial charge on any atom is -0.462 e. The smallest absolute Gasteiger partial charge is 0.338 e. The number of esters is 1. The van der Waals surface area contributed by atoms with E-state index in [4.69, 9.17) is 4.74 Å². The van der Waals surface area contributed by atoms with Crippen LogP contribution in [-0.4, -0.2) is 32.2 Å². The summed E-state index contributed by atoms with van der Waals surface area (Å²) in [6.45, 7) is 3.36. The topological polar surface area (TPSA) is 104 Å². The third-order valence-corrected chi connectivity index (χ3v) is 5.64. The Morgan fingerprint density at radius 2 is 1.69 bits per heavy atom. The first kappa shape index (κ1) is 23.7. The summed E-state index contributed by atoms with van der Waals surface area (Å²) in [6.07, 6.45) is 0. The van der Waals surface area contributed by atoms with Crippen molar-refractivity contribution >= 4 is 28.6 Å². The largest absolute Gasteiger partial charge is 0.462 e. The maximum absolute atomic E-state index is 13.4. The average molecular weight is 478 g/mol. The van der Waals surface area contributed by atoms with E-state index in [0.29, 0.717) is 16.8 Å². The summed E-state index contributed by atoms with van der Waals surface area (Å²) < 4.78 is 22.1. The molecule has 180 valence electrons. The number of hydrogen-bond acceptors (Lipinski definition) is 5. The second kappa shape index (κ2) is 9.41. The van der Waals surface area contributed by atoms with Crippen molar-refractivity contribution in [2.45, 2.75) is 20.4 Å². The SMILES string of the molecule is CCOC(=O)c1ccc(NC(=O)Cn2c(=O)n(-c3ccc(F)cc3)c(=O)c3c2cc(C)n3C)cc1. The molecule has 2 aromatic heterocycles. The van der Waals surface area contributed by atoms with Crippen molar-refractivity contribution in [1.29, 1.82) is 0 Å². The van der Waals surface area contributed by atoms with Gasteiger partial charge in [0.2, 0.25) is 5.91 Å². The van der Waals surface area contributed by atoms with E-state index in [-0.39, 0.29) is 24.4 Å².